The van der Waals surface area contributed by atoms with Crippen LogP contribution in [0.3, 0.4) is 0 Å². The van der Waals surface area contributed by atoms with Gasteiger partial charge in [0.1, 0.15) is 5.75 Å². The van der Waals surface area contributed by atoms with Gasteiger partial charge in [-0.1, -0.05) is 13.8 Å². The summed E-state index contributed by atoms with van der Waals surface area (Å²) >= 11 is 0. The molecule has 3 N–H and O–H groups in total. The first kappa shape index (κ1) is 10.6. The number of benzene rings is 1. The van der Waals surface area contributed by atoms with Crippen molar-refractivity contribution in [2.45, 2.75) is 20.8 Å². The smallest absolute Gasteiger partial charge is 0.169 e. The summed E-state index contributed by atoms with van der Waals surface area (Å²) in [5, 5.41) is 9.60. The summed E-state index contributed by atoms with van der Waals surface area (Å²) in [7, 11) is 0. The number of nitrogen functional groups attached to an aromatic ring is 1. The number of carbonyl (C=O) groups excluding carboxylic acids is 1. The molecular formula is C11H15NO2. The Morgan fingerprint density at radius 1 is 1.43 bits per heavy atom. The Morgan fingerprint density at radius 2 is 2.00 bits per heavy atom. The Morgan fingerprint density at radius 3 is 2.50 bits per heavy atom. The SMILES string of the molecule is Cc1cc(N)c(O)c(C(=O)C(C)C)c1. The van der Waals surface area contributed by atoms with E-state index in [2.05, 4.69) is 0 Å². The summed E-state index contributed by atoms with van der Waals surface area (Å²) in [5.41, 5.74) is 7.01. The number of aromatic hydroxyl groups is 1. The van der Waals surface area contributed by atoms with Gasteiger partial charge < -0.3 is 10.8 Å². The van der Waals surface area contributed by atoms with E-state index in [4.69, 9.17) is 5.73 Å². The van der Waals surface area contributed by atoms with Crippen LogP contribution in [0, 0.1) is 12.8 Å². The number of phenolic OH excluding ortho intramolecular Hbond substituents is 1. The molecular weight excluding hydrogens is 178 g/mol. The standard InChI is InChI=1S/C11H15NO2/c1-6(2)10(13)8-4-7(3)5-9(12)11(8)14/h4-6,14H,12H2,1-3H3. The molecule has 0 saturated heterocycles. The van der Waals surface area contributed by atoms with Gasteiger partial charge in [-0.25, -0.2) is 0 Å². The van der Waals surface area contributed by atoms with E-state index in [0.717, 1.165) is 5.56 Å². The quantitative estimate of drug-likeness (QED) is 0.429. The molecule has 0 spiro atoms. The average molecular weight is 193 g/mol. The number of Topliss-reactive ketones (excluding diaryl/α,β-unsaturated/α-hetero) is 1. The van der Waals surface area contributed by atoms with Crippen LogP contribution in [0.5, 0.6) is 5.75 Å². The van der Waals surface area contributed by atoms with Crippen molar-refractivity contribution in [2.75, 3.05) is 5.73 Å². The highest BCUT2D eigenvalue weighted by atomic mass is 16.3. The number of ketones is 1. The molecule has 0 aliphatic heterocycles. The second kappa shape index (κ2) is 3.70. The maximum atomic E-state index is 11.7. The number of carbonyl (C=O) groups is 1. The molecule has 0 heterocycles. The molecule has 0 atom stereocenters. The lowest BCUT2D eigenvalue weighted by molar-refractivity contribution is 0.0936. The monoisotopic (exact) mass is 193 g/mol. The number of phenols is 1. The van der Waals surface area contributed by atoms with Gasteiger partial charge >= 0.3 is 0 Å². The summed E-state index contributed by atoms with van der Waals surface area (Å²) in [4.78, 5) is 11.7. The van der Waals surface area contributed by atoms with Crippen molar-refractivity contribution in [1.29, 1.82) is 0 Å². The number of anilines is 1. The van der Waals surface area contributed by atoms with Crippen LogP contribution in [-0.2, 0) is 0 Å². The molecule has 0 saturated carbocycles. The molecule has 3 nitrogen and oxygen atoms in total. The van der Waals surface area contributed by atoms with E-state index in [1.165, 1.54) is 0 Å². The molecule has 0 bridgehead atoms. The molecule has 1 rings (SSSR count). The Kier molecular flexibility index (Phi) is 2.79. The first-order valence-electron chi connectivity index (χ1n) is 4.56. The fraction of sp³-hybridized carbons (Fsp3) is 0.364. The molecule has 14 heavy (non-hydrogen) atoms. The molecule has 3 heteroatoms. The average Bonchev–Trinajstić information content (AvgIpc) is 2.09. The van der Waals surface area contributed by atoms with Gasteiger partial charge in [0.05, 0.1) is 11.3 Å². The van der Waals surface area contributed by atoms with Crippen LogP contribution in [0.1, 0.15) is 29.8 Å². The number of hydrogen-bond donors (Lipinski definition) is 2. The molecule has 1 aromatic rings. The van der Waals surface area contributed by atoms with E-state index in [1.807, 2.05) is 6.92 Å². The Bertz CT molecular complexity index is 370. The minimum Gasteiger partial charge on any atom is -0.505 e. The minimum absolute atomic E-state index is 0.0853. The van der Waals surface area contributed by atoms with Crippen LogP contribution >= 0.6 is 0 Å². The Hall–Kier alpha value is -1.51. The van der Waals surface area contributed by atoms with Crippen LogP contribution < -0.4 is 5.73 Å². The number of hydrogen-bond acceptors (Lipinski definition) is 3. The van der Waals surface area contributed by atoms with Gasteiger partial charge in [0.2, 0.25) is 0 Å². The maximum Gasteiger partial charge on any atom is 0.169 e. The van der Waals surface area contributed by atoms with Crippen LogP contribution in [0.25, 0.3) is 0 Å². The highest BCUT2D eigenvalue weighted by molar-refractivity contribution is 6.01. The van der Waals surface area contributed by atoms with Crippen LogP contribution in [0.15, 0.2) is 12.1 Å². The lowest BCUT2D eigenvalue weighted by Gasteiger charge is -2.09. The van der Waals surface area contributed by atoms with Crippen molar-refractivity contribution in [2.24, 2.45) is 5.92 Å². The Labute approximate surface area is 83.6 Å². The molecule has 0 aliphatic carbocycles. The molecule has 0 unspecified atom stereocenters. The lowest BCUT2D eigenvalue weighted by atomic mass is 9.98. The predicted octanol–water partition coefficient (Wildman–Crippen LogP) is 2.12. The van der Waals surface area contributed by atoms with Gasteiger partial charge in [-0.15, -0.1) is 0 Å². The third-order valence-corrected chi connectivity index (χ3v) is 2.07. The van der Waals surface area contributed by atoms with Gasteiger partial charge in [0.15, 0.2) is 5.78 Å². The van der Waals surface area contributed by atoms with Gasteiger partial charge in [0, 0.05) is 5.92 Å². The molecule has 1 aromatic carbocycles. The van der Waals surface area contributed by atoms with E-state index in [-0.39, 0.29) is 23.1 Å². The zero-order valence-corrected chi connectivity index (χ0v) is 8.66. The first-order valence-corrected chi connectivity index (χ1v) is 4.56. The molecule has 0 amide bonds. The normalized spacial score (nSPS) is 10.6. The van der Waals surface area contributed by atoms with E-state index >= 15 is 0 Å². The van der Waals surface area contributed by atoms with Gasteiger partial charge in [-0.3, -0.25) is 4.79 Å². The maximum absolute atomic E-state index is 11.7. The largest absolute Gasteiger partial charge is 0.505 e. The second-order valence-electron chi connectivity index (χ2n) is 3.77. The summed E-state index contributed by atoms with van der Waals surface area (Å²) in [6.07, 6.45) is 0. The van der Waals surface area contributed by atoms with Crippen molar-refractivity contribution >= 4 is 11.5 Å². The number of nitrogens with two attached hydrogens (primary N) is 1. The predicted molar refractivity (Wildman–Crippen MR) is 56.4 cm³/mol. The third-order valence-electron chi connectivity index (χ3n) is 2.07. The molecule has 0 aromatic heterocycles. The summed E-state index contributed by atoms with van der Waals surface area (Å²) < 4.78 is 0. The van der Waals surface area contributed by atoms with Gasteiger partial charge in [-0.05, 0) is 24.6 Å². The van der Waals surface area contributed by atoms with E-state index < -0.39 is 0 Å². The number of aryl methyl sites for hydroxylation is 1. The molecule has 0 aliphatic rings. The van der Waals surface area contributed by atoms with Crippen molar-refractivity contribution < 1.29 is 9.90 Å². The summed E-state index contributed by atoms with van der Waals surface area (Å²) in [6, 6.07) is 3.31. The summed E-state index contributed by atoms with van der Waals surface area (Å²) in [5.74, 6) is -0.325. The van der Waals surface area contributed by atoms with Crippen molar-refractivity contribution in [3.05, 3.63) is 23.3 Å². The molecule has 0 radical (unpaired) electrons. The molecule has 0 fully saturated rings. The van der Waals surface area contributed by atoms with Crippen molar-refractivity contribution in [1.82, 2.24) is 0 Å². The van der Waals surface area contributed by atoms with Crippen LogP contribution in [0.2, 0.25) is 0 Å². The van der Waals surface area contributed by atoms with E-state index in [9.17, 15) is 9.90 Å². The van der Waals surface area contributed by atoms with Crippen molar-refractivity contribution in [3.8, 4) is 5.75 Å². The Balaban J connectivity index is 3.27. The summed E-state index contributed by atoms with van der Waals surface area (Å²) in [6.45, 7) is 5.42. The second-order valence-corrected chi connectivity index (χ2v) is 3.77. The van der Waals surface area contributed by atoms with Crippen LogP contribution in [-0.4, -0.2) is 10.9 Å². The van der Waals surface area contributed by atoms with E-state index in [0.29, 0.717) is 5.56 Å². The van der Waals surface area contributed by atoms with Crippen molar-refractivity contribution in [3.63, 3.8) is 0 Å². The highest BCUT2D eigenvalue weighted by Crippen LogP contribution is 2.28. The highest BCUT2D eigenvalue weighted by Gasteiger charge is 2.16. The zero-order chi connectivity index (χ0) is 10.9. The first-order chi connectivity index (χ1) is 6.43. The number of rotatable bonds is 2. The fourth-order valence-corrected chi connectivity index (χ4v) is 1.31. The fourth-order valence-electron chi connectivity index (χ4n) is 1.31. The minimum atomic E-state index is -0.137. The topological polar surface area (TPSA) is 63.3 Å². The van der Waals surface area contributed by atoms with Crippen LogP contribution in [0.4, 0.5) is 5.69 Å². The van der Waals surface area contributed by atoms with Gasteiger partial charge in [-0.2, -0.15) is 0 Å². The van der Waals surface area contributed by atoms with E-state index in [1.54, 1.807) is 26.0 Å². The lowest BCUT2D eigenvalue weighted by Crippen LogP contribution is -2.08. The molecule has 76 valence electrons. The van der Waals surface area contributed by atoms with Gasteiger partial charge in [0.25, 0.3) is 0 Å². The third kappa shape index (κ3) is 1.87. The zero-order valence-electron chi connectivity index (χ0n) is 8.66.